The van der Waals surface area contributed by atoms with Crippen molar-refractivity contribution in [1.29, 1.82) is 10.5 Å². The summed E-state index contributed by atoms with van der Waals surface area (Å²) in [6.07, 6.45) is 0. The maximum Gasteiger partial charge on any atom is 0.255 e. The molecule has 2 rings (SSSR count). The van der Waals surface area contributed by atoms with Gasteiger partial charge in [0, 0.05) is 11.3 Å². The third-order valence-corrected chi connectivity index (χ3v) is 2.63. The molecule has 0 saturated carbocycles. The molecule has 0 atom stereocenters. The molecule has 0 unspecified atom stereocenters. The summed E-state index contributed by atoms with van der Waals surface area (Å²) in [6.45, 7) is 0. The smallest absolute Gasteiger partial charge is 0.255 e. The Bertz CT molecular complexity index is 754. The summed E-state index contributed by atoms with van der Waals surface area (Å²) in [7, 11) is 0. The standard InChI is InChI=1S/C15H9N3O2/c16-8-11-4-5-13(6-12(11)9-17)18-15(20)10-2-1-3-14(19)7-10/h1-7,19H,(H,18,20). The molecule has 0 fully saturated rings. The Morgan fingerprint density at radius 3 is 2.45 bits per heavy atom. The average Bonchev–Trinajstić information content (AvgIpc) is 2.47. The van der Waals surface area contributed by atoms with Gasteiger partial charge in [-0.2, -0.15) is 10.5 Å². The number of carbonyl (C=O) groups excluding carboxylic acids is 1. The van der Waals surface area contributed by atoms with Crippen LogP contribution in [-0.4, -0.2) is 11.0 Å². The third kappa shape index (κ3) is 2.74. The van der Waals surface area contributed by atoms with Crippen molar-refractivity contribution >= 4 is 11.6 Å². The average molecular weight is 263 g/mol. The van der Waals surface area contributed by atoms with Crippen molar-refractivity contribution in [2.24, 2.45) is 0 Å². The maximum atomic E-state index is 12.0. The maximum absolute atomic E-state index is 12.0. The Balaban J connectivity index is 2.25. The third-order valence-electron chi connectivity index (χ3n) is 2.63. The lowest BCUT2D eigenvalue weighted by Crippen LogP contribution is -2.11. The first-order chi connectivity index (χ1) is 9.63. The van der Waals surface area contributed by atoms with Gasteiger partial charge in [0.2, 0.25) is 0 Å². The lowest BCUT2D eigenvalue weighted by molar-refractivity contribution is 0.102. The first-order valence-corrected chi connectivity index (χ1v) is 5.68. The van der Waals surface area contributed by atoms with Crippen molar-refractivity contribution in [3.05, 3.63) is 59.2 Å². The molecule has 0 aliphatic rings. The Morgan fingerprint density at radius 1 is 1.05 bits per heavy atom. The summed E-state index contributed by atoms with van der Waals surface area (Å²) < 4.78 is 0. The second-order valence-electron chi connectivity index (χ2n) is 3.99. The van der Waals surface area contributed by atoms with Crippen LogP contribution < -0.4 is 5.32 Å². The van der Waals surface area contributed by atoms with Crippen LogP contribution in [0.4, 0.5) is 5.69 Å². The van der Waals surface area contributed by atoms with Crippen molar-refractivity contribution in [3.8, 4) is 17.9 Å². The minimum atomic E-state index is -0.408. The monoisotopic (exact) mass is 263 g/mol. The molecule has 0 bridgehead atoms. The van der Waals surface area contributed by atoms with E-state index in [9.17, 15) is 9.90 Å². The van der Waals surface area contributed by atoms with E-state index in [1.165, 1.54) is 24.3 Å². The topological polar surface area (TPSA) is 96.9 Å². The van der Waals surface area contributed by atoms with Crippen molar-refractivity contribution in [1.82, 2.24) is 0 Å². The number of phenolic OH excluding ortho intramolecular Hbond substituents is 1. The van der Waals surface area contributed by atoms with Gasteiger partial charge < -0.3 is 10.4 Å². The fourth-order valence-corrected chi connectivity index (χ4v) is 1.66. The Hall–Kier alpha value is -3.31. The van der Waals surface area contributed by atoms with E-state index >= 15 is 0 Å². The molecule has 5 heteroatoms. The number of anilines is 1. The summed E-state index contributed by atoms with van der Waals surface area (Å²) in [5.74, 6) is -0.412. The van der Waals surface area contributed by atoms with E-state index in [4.69, 9.17) is 10.5 Å². The van der Waals surface area contributed by atoms with E-state index in [1.807, 2.05) is 12.1 Å². The van der Waals surface area contributed by atoms with Crippen molar-refractivity contribution in [3.63, 3.8) is 0 Å². The van der Waals surface area contributed by atoms with E-state index in [0.29, 0.717) is 11.3 Å². The van der Waals surface area contributed by atoms with Crippen molar-refractivity contribution in [2.75, 3.05) is 5.32 Å². The Morgan fingerprint density at radius 2 is 1.80 bits per heavy atom. The van der Waals surface area contributed by atoms with Crippen LogP contribution >= 0.6 is 0 Å². The highest BCUT2D eigenvalue weighted by molar-refractivity contribution is 6.04. The molecule has 0 saturated heterocycles. The van der Waals surface area contributed by atoms with Crippen LogP contribution in [0, 0.1) is 22.7 Å². The van der Waals surface area contributed by atoms with Crippen molar-refractivity contribution in [2.45, 2.75) is 0 Å². The van der Waals surface area contributed by atoms with Crippen LogP contribution in [0.2, 0.25) is 0 Å². The number of nitriles is 2. The summed E-state index contributed by atoms with van der Waals surface area (Å²) in [4.78, 5) is 12.0. The van der Waals surface area contributed by atoms with Crippen LogP contribution in [0.5, 0.6) is 5.75 Å². The zero-order valence-electron chi connectivity index (χ0n) is 10.3. The van der Waals surface area contributed by atoms with Crippen LogP contribution in [0.15, 0.2) is 42.5 Å². The molecular formula is C15H9N3O2. The number of hydrogen-bond acceptors (Lipinski definition) is 4. The molecule has 0 heterocycles. The normalized spacial score (nSPS) is 9.30. The van der Waals surface area contributed by atoms with Gasteiger partial charge in [-0.05, 0) is 36.4 Å². The van der Waals surface area contributed by atoms with Gasteiger partial charge in [-0.25, -0.2) is 0 Å². The number of rotatable bonds is 2. The number of nitrogens with one attached hydrogen (secondary N) is 1. The molecule has 96 valence electrons. The van der Waals surface area contributed by atoms with E-state index < -0.39 is 5.91 Å². The highest BCUT2D eigenvalue weighted by Gasteiger charge is 2.08. The van der Waals surface area contributed by atoms with Crippen LogP contribution in [-0.2, 0) is 0 Å². The van der Waals surface area contributed by atoms with E-state index in [0.717, 1.165) is 0 Å². The summed E-state index contributed by atoms with van der Waals surface area (Å²) >= 11 is 0. The molecule has 2 aromatic rings. The second kappa shape index (κ2) is 5.55. The van der Waals surface area contributed by atoms with Crippen LogP contribution in [0.25, 0.3) is 0 Å². The van der Waals surface area contributed by atoms with Gasteiger partial charge in [0.05, 0.1) is 11.1 Å². The second-order valence-corrected chi connectivity index (χ2v) is 3.99. The van der Waals surface area contributed by atoms with E-state index in [1.54, 1.807) is 18.2 Å². The largest absolute Gasteiger partial charge is 0.508 e. The predicted molar refractivity (Wildman–Crippen MR) is 71.9 cm³/mol. The van der Waals surface area contributed by atoms with Gasteiger partial charge in [0.1, 0.15) is 17.9 Å². The minimum absolute atomic E-state index is 0.00445. The predicted octanol–water partition coefficient (Wildman–Crippen LogP) is 2.39. The molecule has 0 aliphatic carbocycles. The van der Waals surface area contributed by atoms with Gasteiger partial charge in [0.25, 0.3) is 5.91 Å². The molecule has 0 aromatic heterocycles. The summed E-state index contributed by atoms with van der Waals surface area (Å²) in [6, 6.07) is 14.2. The lowest BCUT2D eigenvalue weighted by atomic mass is 10.1. The van der Waals surface area contributed by atoms with Gasteiger partial charge in [-0.15, -0.1) is 0 Å². The fourth-order valence-electron chi connectivity index (χ4n) is 1.66. The van der Waals surface area contributed by atoms with Gasteiger partial charge in [-0.1, -0.05) is 6.07 Å². The molecule has 20 heavy (non-hydrogen) atoms. The SMILES string of the molecule is N#Cc1ccc(NC(=O)c2cccc(O)c2)cc1C#N. The molecule has 0 spiro atoms. The number of amides is 1. The highest BCUT2D eigenvalue weighted by atomic mass is 16.3. The fraction of sp³-hybridized carbons (Fsp3) is 0. The summed E-state index contributed by atoms with van der Waals surface area (Å²) in [5, 5.41) is 29.6. The van der Waals surface area contributed by atoms with Gasteiger partial charge >= 0.3 is 0 Å². The lowest BCUT2D eigenvalue weighted by Gasteiger charge is -2.06. The quantitative estimate of drug-likeness (QED) is 0.869. The first kappa shape index (κ1) is 13.1. The summed E-state index contributed by atoms with van der Waals surface area (Å²) in [5.41, 5.74) is 1.16. The molecule has 1 amide bonds. The number of carbonyl (C=O) groups is 1. The zero-order valence-corrected chi connectivity index (χ0v) is 10.3. The molecule has 5 nitrogen and oxygen atoms in total. The Labute approximate surface area is 115 Å². The minimum Gasteiger partial charge on any atom is -0.508 e. The number of benzene rings is 2. The van der Waals surface area contributed by atoms with E-state index in [2.05, 4.69) is 5.32 Å². The van der Waals surface area contributed by atoms with Gasteiger partial charge in [0.15, 0.2) is 0 Å². The number of nitrogens with zero attached hydrogens (tertiary/aromatic N) is 2. The van der Waals surface area contributed by atoms with Crippen molar-refractivity contribution < 1.29 is 9.90 Å². The Kier molecular flexibility index (Phi) is 3.65. The number of hydrogen-bond donors (Lipinski definition) is 2. The molecule has 2 aromatic carbocycles. The highest BCUT2D eigenvalue weighted by Crippen LogP contribution is 2.17. The van der Waals surface area contributed by atoms with Gasteiger partial charge in [-0.3, -0.25) is 4.79 Å². The molecule has 2 N–H and O–H groups in total. The molecular weight excluding hydrogens is 254 g/mol. The van der Waals surface area contributed by atoms with Crippen LogP contribution in [0.3, 0.4) is 0 Å². The number of phenols is 1. The van der Waals surface area contributed by atoms with Crippen LogP contribution in [0.1, 0.15) is 21.5 Å². The molecule has 0 radical (unpaired) electrons. The molecule has 0 aliphatic heterocycles. The first-order valence-electron chi connectivity index (χ1n) is 5.68. The number of aromatic hydroxyl groups is 1. The van der Waals surface area contributed by atoms with E-state index in [-0.39, 0.29) is 16.9 Å². The zero-order chi connectivity index (χ0) is 14.5.